The number of hydrogen-bond donors (Lipinski definition) is 0. The van der Waals surface area contributed by atoms with E-state index in [-0.39, 0.29) is 0 Å². The second-order valence-electron chi connectivity index (χ2n) is 13.8. The van der Waals surface area contributed by atoms with Crippen LogP contribution in [0.25, 0.3) is 99.7 Å². The lowest BCUT2D eigenvalue weighted by Crippen LogP contribution is -1.98. The predicted octanol–water partition coefficient (Wildman–Crippen LogP) is 12.8. The van der Waals surface area contributed by atoms with Crippen molar-refractivity contribution < 1.29 is 0 Å². The molecule has 0 amide bonds. The van der Waals surface area contributed by atoms with E-state index in [1.165, 1.54) is 27.2 Å². The smallest absolute Gasteiger partial charge is 0.145 e. The van der Waals surface area contributed by atoms with Gasteiger partial charge in [-0.05, 0) is 65.0 Å². The van der Waals surface area contributed by atoms with E-state index < -0.39 is 0 Å². The quantitative estimate of drug-likeness (QED) is 0.169. The summed E-state index contributed by atoms with van der Waals surface area (Å²) in [5.41, 5.74) is 13.1. The second kappa shape index (κ2) is 12.1. The fourth-order valence-corrected chi connectivity index (χ4v) is 8.27. The molecule has 0 fully saturated rings. The minimum atomic E-state index is 0.933. The van der Waals surface area contributed by atoms with Gasteiger partial charge < -0.3 is 4.57 Å². The fourth-order valence-electron chi connectivity index (χ4n) is 8.27. The molecule has 252 valence electrons. The molecule has 0 aliphatic heterocycles. The fraction of sp³-hybridized carbons (Fsp3) is 0. The van der Waals surface area contributed by atoms with Crippen LogP contribution in [0.1, 0.15) is 0 Å². The van der Waals surface area contributed by atoms with Crippen molar-refractivity contribution in [2.24, 2.45) is 0 Å². The number of nitrogens with zero attached hydrogens (tertiary/aromatic N) is 4. The highest BCUT2D eigenvalue weighted by atomic mass is 15.1. The average molecular weight is 689 g/mol. The third kappa shape index (κ3) is 4.70. The maximum absolute atomic E-state index is 5.35. The molecular weight excluding hydrogens is 657 g/mol. The Morgan fingerprint density at radius 2 is 0.963 bits per heavy atom. The molecule has 0 spiro atoms. The Hall–Kier alpha value is -7.30. The van der Waals surface area contributed by atoms with Crippen molar-refractivity contribution >= 4 is 54.5 Å². The molecule has 11 rings (SSSR count). The lowest BCUT2D eigenvalue weighted by atomic mass is 9.97. The van der Waals surface area contributed by atoms with Gasteiger partial charge in [-0.25, -0.2) is 9.97 Å². The van der Waals surface area contributed by atoms with E-state index in [0.29, 0.717) is 0 Å². The van der Waals surface area contributed by atoms with Gasteiger partial charge in [0.2, 0.25) is 0 Å². The Bertz CT molecular complexity index is 3190. The van der Waals surface area contributed by atoms with Crippen molar-refractivity contribution in [2.45, 2.75) is 0 Å². The van der Waals surface area contributed by atoms with Gasteiger partial charge in [-0.1, -0.05) is 146 Å². The third-order valence-electron chi connectivity index (χ3n) is 10.7. The molecule has 11 aromatic rings. The molecule has 0 bridgehead atoms. The van der Waals surface area contributed by atoms with Gasteiger partial charge in [0.1, 0.15) is 5.82 Å². The van der Waals surface area contributed by atoms with E-state index in [2.05, 4.69) is 191 Å². The van der Waals surface area contributed by atoms with Crippen molar-refractivity contribution in [2.75, 3.05) is 0 Å². The molecule has 0 saturated carbocycles. The molecule has 0 aliphatic carbocycles. The second-order valence-corrected chi connectivity index (χ2v) is 13.8. The van der Waals surface area contributed by atoms with Gasteiger partial charge >= 0.3 is 0 Å². The minimum Gasteiger partial charge on any atom is -0.309 e. The molecule has 0 N–H and O–H groups in total. The monoisotopic (exact) mass is 688 g/mol. The number of fused-ring (bicyclic) bond motifs is 8. The minimum absolute atomic E-state index is 0.933. The van der Waals surface area contributed by atoms with Crippen LogP contribution in [0.4, 0.5) is 0 Å². The third-order valence-corrected chi connectivity index (χ3v) is 10.7. The Labute approximate surface area is 311 Å². The number of hydrogen-bond acceptors (Lipinski definition) is 2. The first kappa shape index (κ1) is 30.3. The number of rotatable bonds is 5. The van der Waals surface area contributed by atoms with Gasteiger partial charge in [-0.2, -0.15) is 0 Å². The van der Waals surface area contributed by atoms with E-state index in [0.717, 1.165) is 72.5 Å². The summed E-state index contributed by atoms with van der Waals surface area (Å²) in [6.07, 6.45) is 0. The Balaban J connectivity index is 1.11. The van der Waals surface area contributed by atoms with Gasteiger partial charge in [0.25, 0.3) is 0 Å². The van der Waals surface area contributed by atoms with Crippen molar-refractivity contribution in [1.29, 1.82) is 0 Å². The number of aromatic nitrogens is 4. The highest BCUT2D eigenvalue weighted by Gasteiger charge is 2.21. The van der Waals surface area contributed by atoms with Crippen LogP contribution in [0.15, 0.2) is 194 Å². The summed E-state index contributed by atoms with van der Waals surface area (Å²) >= 11 is 0. The zero-order valence-corrected chi connectivity index (χ0v) is 29.3. The predicted molar refractivity (Wildman–Crippen MR) is 225 cm³/mol. The Morgan fingerprint density at radius 3 is 1.76 bits per heavy atom. The largest absolute Gasteiger partial charge is 0.309 e. The van der Waals surface area contributed by atoms with E-state index in [4.69, 9.17) is 9.97 Å². The number of para-hydroxylation sites is 4. The highest BCUT2D eigenvalue weighted by Crippen LogP contribution is 2.42. The molecule has 0 aliphatic rings. The van der Waals surface area contributed by atoms with E-state index in [9.17, 15) is 0 Å². The van der Waals surface area contributed by atoms with Gasteiger partial charge in [0.15, 0.2) is 0 Å². The average Bonchev–Trinajstić information content (AvgIpc) is 3.81. The molecule has 4 heteroatoms. The van der Waals surface area contributed by atoms with Crippen molar-refractivity contribution in [1.82, 2.24) is 19.1 Å². The summed E-state index contributed by atoms with van der Waals surface area (Å²) in [6, 6.07) is 69.0. The van der Waals surface area contributed by atoms with Crippen LogP contribution < -0.4 is 0 Å². The van der Waals surface area contributed by atoms with Gasteiger partial charge in [-0.15, -0.1) is 0 Å². The van der Waals surface area contributed by atoms with Crippen LogP contribution in [0.3, 0.4) is 0 Å². The normalized spacial score (nSPS) is 11.7. The molecule has 8 aromatic carbocycles. The van der Waals surface area contributed by atoms with Crippen LogP contribution in [0, 0.1) is 0 Å². The van der Waals surface area contributed by atoms with Gasteiger partial charge in [0.05, 0.1) is 33.3 Å². The van der Waals surface area contributed by atoms with Crippen molar-refractivity contribution in [3.05, 3.63) is 194 Å². The maximum Gasteiger partial charge on any atom is 0.145 e. The van der Waals surface area contributed by atoms with Crippen molar-refractivity contribution in [3.63, 3.8) is 0 Å². The summed E-state index contributed by atoms with van der Waals surface area (Å²) in [5, 5.41) is 5.94. The summed E-state index contributed by atoms with van der Waals surface area (Å²) < 4.78 is 4.70. The first-order valence-corrected chi connectivity index (χ1v) is 18.3. The molecular formula is C50H32N4. The molecule has 3 heterocycles. The standard InChI is InChI=1S/C50H32N4/c1-3-14-34(15-4-1)48-47-41(39-20-7-9-22-43(39)51-48)30-31-42-40-21-8-11-24-45(40)53(49(42)47)38-19-13-18-36(32-38)33-26-28-37(29-27-33)54-46-25-12-10-23-44(46)52-50(54)35-16-5-2-6-17-35/h1-32H. The molecule has 0 radical (unpaired) electrons. The summed E-state index contributed by atoms with van der Waals surface area (Å²) in [4.78, 5) is 10.4. The molecule has 0 unspecified atom stereocenters. The van der Waals surface area contributed by atoms with Crippen LogP contribution >= 0.6 is 0 Å². The zero-order valence-electron chi connectivity index (χ0n) is 29.3. The van der Waals surface area contributed by atoms with Crippen LogP contribution in [-0.4, -0.2) is 19.1 Å². The van der Waals surface area contributed by atoms with E-state index in [1.807, 2.05) is 12.1 Å². The first-order chi connectivity index (χ1) is 26.8. The number of pyridine rings is 1. The SMILES string of the molecule is c1ccc(-c2nc3ccccc3c3ccc4c5ccccc5n(-c5cccc(-c6ccc(-n7c(-c8ccccc8)nc8ccccc87)cc6)c5)c4c23)cc1. The topological polar surface area (TPSA) is 35.6 Å². The van der Waals surface area contributed by atoms with Gasteiger partial charge in [0, 0.05) is 44.0 Å². The summed E-state index contributed by atoms with van der Waals surface area (Å²) in [5.74, 6) is 0.933. The lowest BCUT2D eigenvalue weighted by molar-refractivity contribution is 1.10. The molecule has 54 heavy (non-hydrogen) atoms. The van der Waals surface area contributed by atoms with E-state index >= 15 is 0 Å². The lowest BCUT2D eigenvalue weighted by Gasteiger charge is -2.15. The van der Waals surface area contributed by atoms with Crippen molar-refractivity contribution in [3.8, 4) is 45.1 Å². The number of benzene rings is 8. The van der Waals surface area contributed by atoms with Crippen LogP contribution in [0.5, 0.6) is 0 Å². The number of imidazole rings is 1. The maximum atomic E-state index is 5.35. The van der Waals surface area contributed by atoms with Gasteiger partial charge in [-0.3, -0.25) is 4.57 Å². The molecule has 0 atom stereocenters. The summed E-state index contributed by atoms with van der Waals surface area (Å²) in [6.45, 7) is 0. The first-order valence-electron chi connectivity index (χ1n) is 18.3. The van der Waals surface area contributed by atoms with Crippen LogP contribution in [-0.2, 0) is 0 Å². The van der Waals surface area contributed by atoms with Crippen LogP contribution in [0.2, 0.25) is 0 Å². The Kier molecular flexibility index (Phi) is 6.82. The highest BCUT2D eigenvalue weighted by molar-refractivity contribution is 6.25. The Morgan fingerprint density at radius 1 is 0.333 bits per heavy atom. The zero-order chi connectivity index (χ0) is 35.6. The van der Waals surface area contributed by atoms with E-state index in [1.54, 1.807) is 0 Å². The molecule has 0 saturated heterocycles. The summed E-state index contributed by atoms with van der Waals surface area (Å²) in [7, 11) is 0. The molecule has 3 aromatic heterocycles. The molecule has 4 nitrogen and oxygen atoms in total.